The number of thiol groups is 2. The molecule has 0 aromatic rings. The Kier molecular flexibility index (Phi) is 5.88. The Morgan fingerprint density at radius 2 is 2.00 bits per heavy atom. The molecule has 0 N–H and O–H groups in total. The quantitative estimate of drug-likeness (QED) is 0.492. The van der Waals surface area contributed by atoms with Gasteiger partial charge in [0, 0.05) is 5.25 Å². The highest BCUT2D eigenvalue weighted by atomic mass is 32.1. The minimum absolute atomic E-state index is 0.350. The Labute approximate surface area is 80.6 Å². The first-order valence-corrected chi connectivity index (χ1v) is 4.70. The molecule has 64 valence electrons. The van der Waals surface area contributed by atoms with Gasteiger partial charge in [0.1, 0.15) is 0 Å². The van der Waals surface area contributed by atoms with E-state index < -0.39 is 0 Å². The van der Waals surface area contributed by atoms with E-state index in [9.17, 15) is 0 Å². The predicted octanol–water partition coefficient (Wildman–Crippen LogP) is 3.47. The van der Waals surface area contributed by atoms with E-state index in [1.54, 1.807) is 0 Å². The smallest absolute Gasteiger partial charge is 0.0168 e. The largest absolute Gasteiger partial charge is 0.172 e. The molecule has 1 unspecified atom stereocenters. The van der Waals surface area contributed by atoms with Gasteiger partial charge in [-0.3, -0.25) is 0 Å². The number of hydrogen-bond donors (Lipinski definition) is 2. The van der Waals surface area contributed by atoms with Crippen LogP contribution in [0.3, 0.4) is 0 Å². The molecule has 0 aromatic heterocycles. The molecule has 0 bridgehead atoms. The lowest BCUT2D eigenvalue weighted by atomic mass is 10.2. The highest BCUT2D eigenvalue weighted by molar-refractivity contribution is 7.84. The van der Waals surface area contributed by atoms with Crippen molar-refractivity contribution in [1.29, 1.82) is 0 Å². The predicted molar refractivity (Wildman–Crippen MR) is 59.6 cm³/mol. The molecule has 0 heterocycles. The zero-order valence-corrected chi connectivity index (χ0v) is 9.12. The molecule has 2 heteroatoms. The number of hydrogen-bond acceptors (Lipinski definition) is 2. The summed E-state index contributed by atoms with van der Waals surface area (Å²) < 4.78 is 0. The molecular formula is C9H16S2. The SMILES string of the molecule is C/C(S)=C(\C)C/C=C/C(C)S. The van der Waals surface area contributed by atoms with Crippen molar-refractivity contribution in [2.24, 2.45) is 0 Å². The first-order valence-electron chi connectivity index (χ1n) is 3.74. The normalized spacial score (nSPS) is 16.8. The van der Waals surface area contributed by atoms with E-state index in [0.29, 0.717) is 5.25 Å². The molecule has 0 aliphatic rings. The topological polar surface area (TPSA) is 0 Å². The van der Waals surface area contributed by atoms with Crippen LogP contribution in [-0.2, 0) is 0 Å². The Hall–Kier alpha value is 0.180. The van der Waals surface area contributed by atoms with Crippen LogP contribution >= 0.6 is 25.3 Å². The van der Waals surface area contributed by atoms with Gasteiger partial charge in [0.15, 0.2) is 0 Å². The minimum Gasteiger partial charge on any atom is -0.172 e. The van der Waals surface area contributed by atoms with Gasteiger partial charge in [0.05, 0.1) is 0 Å². The molecule has 0 saturated carbocycles. The first-order chi connectivity index (χ1) is 5.04. The Morgan fingerprint density at radius 1 is 1.45 bits per heavy atom. The third-order valence-corrected chi connectivity index (χ3v) is 2.01. The standard InChI is InChI=1S/C9H16S2/c1-7(9(3)11)5-4-6-8(2)10/h4,6,8,10-11H,5H2,1-3H3/b6-4+,9-7-. The molecule has 0 nitrogen and oxygen atoms in total. The van der Waals surface area contributed by atoms with Gasteiger partial charge in [-0.25, -0.2) is 0 Å². The Morgan fingerprint density at radius 3 is 2.36 bits per heavy atom. The van der Waals surface area contributed by atoms with Gasteiger partial charge >= 0.3 is 0 Å². The van der Waals surface area contributed by atoms with Gasteiger partial charge < -0.3 is 0 Å². The van der Waals surface area contributed by atoms with Crippen LogP contribution in [0.25, 0.3) is 0 Å². The van der Waals surface area contributed by atoms with Gasteiger partial charge in [0.25, 0.3) is 0 Å². The summed E-state index contributed by atoms with van der Waals surface area (Å²) in [5.41, 5.74) is 1.32. The second-order valence-corrected chi connectivity index (χ2v) is 4.22. The summed E-state index contributed by atoms with van der Waals surface area (Å²) in [6.45, 7) is 6.15. The third kappa shape index (κ3) is 6.57. The molecule has 0 rings (SSSR count). The second-order valence-electron chi connectivity index (χ2n) is 2.74. The average molecular weight is 188 g/mol. The van der Waals surface area contributed by atoms with Crippen molar-refractivity contribution >= 4 is 25.3 Å². The van der Waals surface area contributed by atoms with Crippen LogP contribution in [0.5, 0.6) is 0 Å². The molecule has 11 heavy (non-hydrogen) atoms. The van der Waals surface area contributed by atoms with Crippen molar-refractivity contribution in [1.82, 2.24) is 0 Å². The highest BCUT2D eigenvalue weighted by Crippen LogP contribution is 2.11. The van der Waals surface area contributed by atoms with Gasteiger partial charge in [0.2, 0.25) is 0 Å². The van der Waals surface area contributed by atoms with Crippen LogP contribution in [0.4, 0.5) is 0 Å². The minimum atomic E-state index is 0.350. The fraction of sp³-hybridized carbons (Fsp3) is 0.556. The molecule has 0 amide bonds. The van der Waals surface area contributed by atoms with Crippen molar-refractivity contribution in [3.05, 3.63) is 22.6 Å². The fourth-order valence-corrected chi connectivity index (χ4v) is 0.802. The highest BCUT2D eigenvalue weighted by Gasteiger charge is 1.89. The zero-order chi connectivity index (χ0) is 8.85. The molecule has 0 aliphatic heterocycles. The van der Waals surface area contributed by atoms with Crippen LogP contribution in [0, 0.1) is 0 Å². The van der Waals surface area contributed by atoms with Crippen LogP contribution in [-0.4, -0.2) is 5.25 Å². The van der Waals surface area contributed by atoms with Gasteiger partial charge in [-0.05, 0) is 25.2 Å². The first kappa shape index (κ1) is 11.2. The summed E-state index contributed by atoms with van der Waals surface area (Å²) in [7, 11) is 0. The molecule has 0 fully saturated rings. The van der Waals surface area contributed by atoms with Crippen LogP contribution in [0.15, 0.2) is 22.6 Å². The lowest BCUT2D eigenvalue weighted by molar-refractivity contribution is 1.16. The van der Waals surface area contributed by atoms with Crippen LogP contribution in [0.2, 0.25) is 0 Å². The van der Waals surface area contributed by atoms with Gasteiger partial charge in [-0.2, -0.15) is 12.6 Å². The summed E-state index contributed by atoms with van der Waals surface area (Å²) >= 11 is 8.47. The molecular weight excluding hydrogens is 172 g/mol. The zero-order valence-electron chi connectivity index (χ0n) is 7.33. The second kappa shape index (κ2) is 5.78. The maximum absolute atomic E-state index is 4.24. The van der Waals surface area contributed by atoms with E-state index >= 15 is 0 Å². The molecule has 0 radical (unpaired) electrons. The summed E-state index contributed by atoms with van der Waals surface area (Å²) in [5, 5.41) is 0.350. The van der Waals surface area contributed by atoms with E-state index in [-0.39, 0.29) is 0 Å². The Bertz CT molecular complexity index is 162. The molecule has 0 aliphatic carbocycles. The van der Waals surface area contributed by atoms with E-state index in [1.165, 1.54) is 5.57 Å². The summed E-state index contributed by atoms with van der Waals surface area (Å²) in [6, 6.07) is 0. The maximum Gasteiger partial charge on any atom is 0.0168 e. The lowest BCUT2D eigenvalue weighted by Crippen LogP contribution is -1.82. The summed E-state index contributed by atoms with van der Waals surface area (Å²) in [5.74, 6) is 0. The molecule has 1 atom stereocenters. The fourth-order valence-electron chi connectivity index (χ4n) is 0.589. The van der Waals surface area contributed by atoms with Gasteiger partial charge in [-0.15, -0.1) is 12.6 Å². The van der Waals surface area contributed by atoms with Crippen molar-refractivity contribution in [2.45, 2.75) is 32.4 Å². The van der Waals surface area contributed by atoms with Crippen molar-refractivity contribution in [3.63, 3.8) is 0 Å². The summed E-state index contributed by atoms with van der Waals surface area (Å²) in [4.78, 5) is 1.11. The van der Waals surface area contributed by atoms with Crippen molar-refractivity contribution in [2.75, 3.05) is 0 Å². The number of allylic oxidation sites excluding steroid dienone is 3. The summed E-state index contributed by atoms with van der Waals surface area (Å²) in [6.07, 6.45) is 5.20. The lowest BCUT2D eigenvalue weighted by Gasteiger charge is -1.98. The maximum atomic E-state index is 4.24. The van der Waals surface area contributed by atoms with E-state index in [2.05, 4.69) is 44.3 Å². The van der Waals surface area contributed by atoms with E-state index in [0.717, 1.165) is 11.3 Å². The molecule has 0 saturated heterocycles. The average Bonchev–Trinajstić information content (AvgIpc) is 1.86. The molecule has 0 spiro atoms. The number of rotatable bonds is 3. The van der Waals surface area contributed by atoms with Crippen LogP contribution < -0.4 is 0 Å². The van der Waals surface area contributed by atoms with Crippen molar-refractivity contribution in [3.8, 4) is 0 Å². The van der Waals surface area contributed by atoms with E-state index in [1.807, 2.05) is 13.8 Å². The van der Waals surface area contributed by atoms with Crippen LogP contribution in [0.1, 0.15) is 27.2 Å². The Balaban J connectivity index is 3.80. The third-order valence-electron chi connectivity index (χ3n) is 1.46. The van der Waals surface area contributed by atoms with Gasteiger partial charge in [-0.1, -0.05) is 24.6 Å². The molecule has 0 aromatic carbocycles. The monoisotopic (exact) mass is 188 g/mol. The van der Waals surface area contributed by atoms with E-state index in [4.69, 9.17) is 0 Å². The van der Waals surface area contributed by atoms with Crippen molar-refractivity contribution < 1.29 is 0 Å².